The van der Waals surface area contributed by atoms with Gasteiger partial charge in [0, 0.05) is 18.8 Å². The number of piperidine rings is 1. The van der Waals surface area contributed by atoms with Gasteiger partial charge in [0.05, 0.1) is 0 Å². The molecule has 0 radical (unpaired) electrons. The molecule has 1 saturated heterocycles. The van der Waals surface area contributed by atoms with Gasteiger partial charge in [0.25, 0.3) is 0 Å². The highest BCUT2D eigenvalue weighted by Gasteiger charge is 2.40. The van der Waals surface area contributed by atoms with E-state index in [4.69, 9.17) is 0 Å². The SMILES string of the molecule is Cc1ccc(NC(=O)C(C)(C)C(=O)N2CCC(C)CC2)c(C)c1. The Balaban J connectivity index is 2.08. The van der Waals surface area contributed by atoms with Crippen LogP contribution in [-0.4, -0.2) is 29.8 Å². The summed E-state index contributed by atoms with van der Waals surface area (Å²) in [6.45, 7) is 11.1. The average Bonchev–Trinajstić information content (AvgIpc) is 2.50. The third-order valence-corrected chi connectivity index (χ3v) is 4.80. The van der Waals surface area contributed by atoms with Gasteiger partial charge in [-0.3, -0.25) is 9.59 Å². The van der Waals surface area contributed by atoms with E-state index in [0.29, 0.717) is 5.92 Å². The van der Waals surface area contributed by atoms with E-state index in [9.17, 15) is 9.59 Å². The number of hydrogen-bond acceptors (Lipinski definition) is 2. The van der Waals surface area contributed by atoms with Crippen LogP contribution in [0.2, 0.25) is 0 Å². The largest absolute Gasteiger partial charge is 0.342 e. The summed E-state index contributed by atoms with van der Waals surface area (Å²) in [6, 6.07) is 5.88. The van der Waals surface area contributed by atoms with Crippen molar-refractivity contribution in [3.8, 4) is 0 Å². The molecule has 23 heavy (non-hydrogen) atoms. The molecule has 0 aliphatic carbocycles. The third-order valence-electron chi connectivity index (χ3n) is 4.80. The Bertz CT molecular complexity index is 599. The van der Waals surface area contributed by atoms with Crippen LogP contribution in [0.25, 0.3) is 0 Å². The summed E-state index contributed by atoms with van der Waals surface area (Å²) in [6.07, 6.45) is 2.03. The molecule has 0 saturated carbocycles. The lowest BCUT2D eigenvalue weighted by Gasteiger charge is -2.35. The molecule has 0 bridgehead atoms. The van der Waals surface area contributed by atoms with Crippen LogP contribution in [0.3, 0.4) is 0 Å². The first-order valence-corrected chi connectivity index (χ1v) is 8.40. The second-order valence-electron chi connectivity index (χ2n) is 7.37. The zero-order chi connectivity index (χ0) is 17.2. The molecule has 4 heteroatoms. The Kier molecular flexibility index (Phi) is 5.12. The summed E-state index contributed by atoms with van der Waals surface area (Å²) < 4.78 is 0. The molecule has 1 aromatic rings. The molecule has 1 aliphatic heterocycles. The Morgan fingerprint density at radius 3 is 2.35 bits per heavy atom. The number of hydrogen-bond donors (Lipinski definition) is 1. The zero-order valence-electron chi connectivity index (χ0n) is 14.9. The molecular weight excluding hydrogens is 288 g/mol. The number of rotatable bonds is 3. The van der Waals surface area contributed by atoms with Crippen LogP contribution >= 0.6 is 0 Å². The van der Waals surface area contributed by atoms with Crippen molar-refractivity contribution in [3.05, 3.63) is 29.3 Å². The predicted molar refractivity (Wildman–Crippen MR) is 93.3 cm³/mol. The normalized spacial score (nSPS) is 16.3. The number of benzene rings is 1. The van der Waals surface area contributed by atoms with Gasteiger partial charge in [0.15, 0.2) is 0 Å². The summed E-state index contributed by atoms with van der Waals surface area (Å²) in [7, 11) is 0. The van der Waals surface area contributed by atoms with Crippen LogP contribution < -0.4 is 5.32 Å². The Morgan fingerprint density at radius 2 is 1.78 bits per heavy atom. The van der Waals surface area contributed by atoms with Gasteiger partial charge < -0.3 is 10.2 Å². The number of carbonyl (C=O) groups is 2. The summed E-state index contributed by atoms with van der Waals surface area (Å²) >= 11 is 0. The van der Waals surface area contributed by atoms with Gasteiger partial charge in [-0.2, -0.15) is 0 Å². The minimum atomic E-state index is -1.06. The molecule has 1 fully saturated rings. The van der Waals surface area contributed by atoms with Crippen molar-refractivity contribution in [2.24, 2.45) is 11.3 Å². The number of likely N-dealkylation sites (tertiary alicyclic amines) is 1. The second-order valence-corrected chi connectivity index (χ2v) is 7.37. The molecule has 2 amide bonds. The minimum Gasteiger partial charge on any atom is -0.342 e. The number of nitrogens with zero attached hydrogens (tertiary/aromatic N) is 1. The number of carbonyl (C=O) groups excluding carboxylic acids is 2. The van der Waals surface area contributed by atoms with Crippen molar-refractivity contribution >= 4 is 17.5 Å². The monoisotopic (exact) mass is 316 g/mol. The van der Waals surface area contributed by atoms with Crippen LogP contribution in [0.15, 0.2) is 18.2 Å². The van der Waals surface area contributed by atoms with Crippen molar-refractivity contribution in [1.29, 1.82) is 0 Å². The van der Waals surface area contributed by atoms with Gasteiger partial charge in [-0.1, -0.05) is 24.6 Å². The van der Waals surface area contributed by atoms with E-state index in [1.807, 2.05) is 36.9 Å². The van der Waals surface area contributed by atoms with Crippen molar-refractivity contribution in [3.63, 3.8) is 0 Å². The van der Waals surface area contributed by atoms with Gasteiger partial charge in [-0.05, 0) is 58.1 Å². The first-order valence-electron chi connectivity index (χ1n) is 8.40. The van der Waals surface area contributed by atoms with E-state index in [1.54, 1.807) is 13.8 Å². The maximum absolute atomic E-state index is 12.8. The molecule has 4 nitrogen and oxygen atoms in total. The van der Waals surface area contributed by atoms with Crippen molar-refractivity contribution < 1.29 is 9.59 Å². The van der Waals surface area contributed by atoms with E-state index in [2.05, 4.69) is 12.2 Å². The smallest absolute Gasteiger partial charge is 0.239 e. The lowest BCUT2D eigenvalue weighted by atomic mass is 9.88. The molecule has 1 aliphatic rings. The highest BCUT2D eigenvalue weighted by Crippen LogP contribution is 2.26. The fourth-order valence-corrected chi connectivity index (χ4v) is 2.94. The number of anilines is 1. The van der Waals surface area contributed by atoms with Crippen LogP contribution in [0.4, 0.5) is 5.69 Å². The van der Waals surface area contributed by atoms with Crippen molar-refractivity contribution in [1.82, 2.24) is 4.90 Å². The molecule has 1 heterocycles. The van der Waals surface area contributed by atoms with E-state index >= 15 is 0 Å². The van der Waals surface area contributed by atoms with Gasteiger partial charge >= 0.3 is 0 Å². The maximum atomic E-state index is 12.8. The number of aryl methyl sites for hydroxylation is 2. The van der Waals surface area contributed by atoms with Crippen molar-refractivity contribution in [2.75, 3.05) is 18.4 Å². The van der Waals surface area contributed by atoms with Gasteiger partial charge in [0.1, 0.15) is 5.41 Å². The third kappa shape index (κ3) is 3.92. The summed E-state index contributed by atoms with van der Waals surface area (Å²) in [4.78, 5) is 27.3. The fourth-order valence-electron chi connectivity index (χ4n) is 2.94. The van der Waals surface area contributed by atoms with Gasteiger partial charge in [-0.15, -0.1) is 0 Å². The van der Waals surface area contributed by atoms with Crippen LogP contribution in [0.1, 0.15) is 44.7 Å². The summed E-state index contributed by atoms with van der Waals surface area (Å²) in [5.41, 5.74) is 1.87. The first kappa shape index (κ1) is 17.5. The topological polar surface area (TPSA) is 49.4 Å². The van der Waals surface area contributed by atoms with E-state index < -0.39 is 5.41 Å². The van der Waals surface area contributed by atoms with Crippen LogP contribution in [0, 0.1) is 25.2 Å². The first-order chi connectivity index (χ1) is 10.7. The minimum absolute atomic E-state index is 0.0772. The summed E-state index contributed by atoms with van der Waals surface area (Å²) in [5.74, 6) is 0.339. The maximum Gasteiger partial charge on any atom is 0.239 e. The fraction of sp³-hybridized carbons (Fsp3) is 0.579. The van der Waals surface area contributed by atoms with E-state index in [1.165, 1.54) is 0 Å². The Labute approximate surface area is 139 Å². The van der Waals surface area contributed by atoms with Crippen LogP contribution in [-0.2, 0) is 9.59 Å². The highest BCUT2D eigenvalue weighted by atomic mass is 16.2. The molecule has 0 aromatic heterocycles. The lowest BCUT2D eigenvalue weighted by Crippen LogP contribution is -2.49. The van der Waals surface area contributed by atoms with E-state index in [0.717, 1.165) is 42.7 Å². The zero-order valence-corrected chi connectivity index (χ0v) is 14.9. The molecule has 0 atom stereocenters. The van der Waals surface area contributed by atoms with Crippen LogP contribution in [0.5, 0.6) is 0 Å². The Morgan fingerprint density at radius 1 is 1.17 bits per heavy atom. The molecule has 0 spiro atoms. The predicted octanol–water partition coefficient (Wildman–Crippen LogP) is 3.53. The molecule has 1 N–H and O–H groups in total. The molecule has 126 valence electrons. The molecule has 0 unspecified atom stereocenters. The quantitative estimate of drug-likeness (QED) is 0.867. The van der Waals surface area contributed by atoms with Gasteiger partial charge in [0.2, 0.25) is 11.8 Å². The number of nitrogens with one attached hydrogen (secondary N) is 1. The standard InChI is InChI=1S/C19H28N2O2/c1-13-8-10-21(11-9-13)18(23)19(4,5)17(22)20-16-7-6-14(2)12-15(16)3/h6-7,12-13H,8-11H2,1-5H3,(H,20,22). The molecular formula is C19H28N2O2. The average molecular weight is 316 g/mol. The molecule has 1 aromatic carbocycles. The highest BCUT2D eigenvalue weighted by molar-refractivity contribution is 6.10. The molecule has 2 rings (SSSR count). The van der Waals surface area contributed by atoms with Gasteiger partial charge in [-0.25, -0.2) is 0 Å². The lowest BCUT2D eigenvalue weighted by molar-refractivity contribution is -0.147. The van der Waals surface area contributed by atoms with E-state index in [-0.39, 0.29) is 11.8 Å². The summed E-state index contributed by atoms with van der Waals surface area (Å²) in [5, 5.41) is 2.92. The second kappa shape index (κ2) is 6.73. The Hall–Kier alpha value is -1.84. The van der Waals surface area contributed by atoms with Crippen molar-refractivity contribution in [2.45, 2.75) is 47.5 Å². The number of amides is 2.